The third-order valence-corrected chi connectivity index (χ3v) is 6.16. The first kappa shape index (κ1) is 20.4. The molecule has 0 saturated carbocycles. The van der Waals surface area contributed by atoms with Crippen molar-refractivity contribution in [3.8, 4) is 5.75 Å². The van der Waals surface area contributed by atoms with E-state index in [0.717, 1.165) is 11.1 Å². The van der Waals surface area contributed by atoms with Gasteiger partial charge in [0.15, 0.2) is 0 Å². The molecule has 0 heterocycles. The second-order valence-corrected chi connectivity index (χ2v) is 8.51. The molecule has 0 saturated heterocycles. The fraction of sp³-hybridized carbons (Fsp3) is 0.0909. The van der Waals surface area contributed by atoms with Crippen molar-refractivity contribution in [1.29, 1.82) is 0 Å². The fourth-order valence-electron chi connectivity index (χ4n) is 2.43. The Labute approximate surface area is 171 Å². The highest BCUT2D eigenvalue weighted by Crippen LogP contribution is 2.52. The number of nitrogens with zero attached hydrogens (tertiary/aromatic N) is 4. The number of hydrogen-bond acceptors (Lipinski definition) is 4. The minimum Gasteiger partial charge on any atom is -0.412 e. The van der Waals surface area contributed by atoms with Crippen molar-refractivity contribution >= 4 is 20.1 Å². The maximum absolute atomic E-state index is 13.8. The van der Waals surface area contributed by atoms with Crippen molar-refractivity contribution in [2.24, 2.45) is 10.2 Å². The first-order valence-corrected chi connectivity index (χ1v) is 10.6. The number of rotatable bonds is 8. The van der Waals surface area contributed by atoms with E-state index < -0.39 is 7.67 Å². The topological polar surface area (TPSA) is 57.5 Å². The highest BCUT2D eigenvalue weighted by molar-refractivity contribution is 7.54. The lowest BCUT2D eigenvalue weighted by atomic mass is 10.2. The third-order valence-electron chi connectivity index (χ3n) is 4.05. The van der Waals surface area contributed by atoms with E-state index in [4.69, 9.17) is 4.52 Å². The van der Waals surface area contributed by atoms with Crippen LogP contribution in [0.5, 0.6) is 5.75 Å². The largest absolute Gasteiger partial charge is 0.479 e. The van der Waals surface area contributed by atoms with E-state index in [1.807, 2.05) is 78.9 Å². The first-order chi connectivity index (χ1) is 14.1. The number of hydrogen-bond donors (Lipinski definition) is 0. The lowest BCUT2D eigenvalue weighted by molar-refractivity contribution is 0.325. The highest BCUT2D eigenvalue weighted by atomic mass is 31.2. The van der Waals surface area contributed by atoms with Crippen LogP contribution in [0.15, 0.2) is 101 Å². The van der Waals surface area contributed by atoms with E-state index in [-0.39, 0.29) is 0 Å². The summed E-state index contributed by atoms with van der Waals surface area (Å²) in [5.41, 5.74) is 1.78. The van der Waals surface area contributed by atoms with Crippen LogP contribution in [0.4, 0.5) is 0 Å². The lowest BCUT2D eigenvalue weighted by Crippen LogP contribution is -2.24. The molecule has 0 N–H and O–H groups in total. The predicted octanol–water partition coefficient (Wildman–Crippen LogP) is 5.11. The van der Waals surface area contributed by atoms with Gasteiger partial charge in [-0.2, -0.15) is 19.8 Å². The molecule has 3 rings (SSSR count). The molecule has 0 radical (unpaired) electrons. The van der Waals surface area contributed by atoms with Crippen LogP contribution in [0, 0.1) is 0 Å². The Morgan fingerprint density at radius 2 is 1.07 bits per heavy atom. The lowest BCUT2D eigenvalue weighted by Gasteiger charge is -2.30. The van der Waals surface area contributed by atoms with Gasteiger partial charge in [-0.25, -0.2) is 4.57 Å². The van der Waals surface area contributed by atoms with E-state index in [9.17, 15) is 4.57 Å². The van der Waals surface area contributed by atoms with Crippen LogP contribution in [-0.2, 0) is 4.57 Å². The van der Waals surface area contributed by atoms with Crippen molar-refractivity contribution < 1.29 is 9.09 Å². The average molecular weight is 406 g/mol. The zero-order valence-electron chi connectivity index (χ0n) is 16.4. The molecule has 148 valence electrons. The molecule has 0 spiro atoms. The van der Waals surface area contributed by atoms with Crippen LogP contribution in [-0.4, -0.2) is 36.1 Å². The molecule has 3 aromatic carbocycles. The van der Waals surface area contributed by atoms with Gasteiger partial charge in [0.2, 0.25) is 0 Å². The normalized spacial score (nSPS) is 11.7. The van der Waals surface area contributed by atoms with Gasteiger partial charge in [0.1, 0.15) is 5.75 Å². The van der Waals surface area contributed by atoms with Gasteiger partial charge in [0.05, 0.1) is 12.4 Å². The van der Waals surface area contributed by atoms with E-state index >= 15 is 0 Å². The maximum atomic E-state index is 13.8. The smallest absolute Gasteiger partial charge is 0.412 e. The van der Waals surface area contributed by atoms with E-state index in [1.165, 1.54) is 9.56 Å². The molecule has 0 unspecified atom stereocenters. The van der Waals surface area contributed by atoms with Crippen molar-refractivity contribution in [1.82, 2.24) is 9.56 Å². The number of benzene rings is 3. The Kier molecular flexibility index (Phi) is 6.82. The van der Waals surface area contributed by atoms with Crippen LogP contribution in [0.3, 0.4) is 0 Å². The summed E-state index contributed by atoms with van der Waals surface area (Å²) in [7, 11) is -0.409. The summed E-state index contributed by atoms with van der Waals surface area (Å²) < 4.78 is 22.3. The Bertz CT molecular complexity index is 936. The van der Waals surface area contributed by atoms with Gasteiger partial charge in [0, 0.05) is 14.1 Å². The van der Waals surface area contributed by atoms with Crippen LogP contribution in [0.2, 0.25) is 0 Å². The monoisotopic (exact) mass is 406 g/mol. The maximum Gasteiger partial charge on any atom is 0.479 e. The molecule has 0 aliphatic heterocycles. The van der Waals surface area contributed by atoms with Gasteiger partial charge in [-0.1, -0.05) is 78.9 Å². The molecule has 3 aromatic rings. The van der Waals surface area contributed by atoms with Gasteiger partial charge in [-0.3, -0.25) is 0 Å². The molecule has 7 heteroatoms. The van der Waals surface area contributed by atoms with Crippen molar-refractivity contribution in [3.05, 3.63) is 102 Å². The average Bonchev–Trinajstić information content (AvgIpc) is 2.77. The molecule has 29 heavy (non-hydrogen) atoms. The zero-order valence-corrected chi connectivity index (χ0v) is 17.3. The Morgan fingerprint density at radius 3 is 1.48 bits per heavy atom. The Hall–Kier alpha value is -3.37. The Morgan fingerprint density at radius 1 is 0.690 bits per heavy atom. The molecule has 0 amide bonds. The van der Waals surface area contributed by atoms with Crippen molar-refractivity contribution in [3.63, 3.8) is 0 Å². The molecule has 0 fully saturated rings. The van der Waals surface area contributed by atoms with Crippen molar-refractivity contribution in [2.45, 2.75) is 0 Å². The molecule has 0 aliphatic rings. The van der Waals surface area contributed by atoms with Gasteiger partial charge >= 0.3 is 7.67 Å². The Balaban J connectivity index is 1.87. The molecular formula is C22H23N4O2P. The summed E-state index contributed by atoms with van der Waals surface area (Å²) in [5, 5.41) is 8.69. The molecule has 6 nitrogen and oxygen atoms in total. The summed E-state index contributed by atoms with van der Waals surface area (Å²) in [4.78, 5) is 0. The summed E-state index contributed by atoms with van der Waals surface area (Å²) in [5.74, 6) is 0.472. The second-order valence-electron chi connectivity index (χ2n) is 6.18. The van der Waals surface area contributed by atoms with E-state index in [2.05, 4.69) is 10.2 Å². The summed E-state index contributed by atoms with van der Waals surface area (Å²) >= 11 is 0. The molecule has 0 aliphatic carbocycles. The summed E-state index contributed by atoms with van der Waals surface area (Å²) in [6.07, 6.45) is 3.27. The van der Waals surface area contributed by atoms with Gasteiger partial charge < -0.3 is 4.52 Å². The minimum absolute atomic E-state index is 0.472. The van der Waals surface area contributed by atoms with Crippen LogP contribution in [0.25, 0.3) is 0 Å². The standard InChI is InChI=1S/C22H23N4O2P/c1-25(23-18-20-12-6-3-7-13-20)29(27,28-22-16-10-5-11-17-22)26(2)24-19-21-14-8-4-9-15-21/h3-19H,1-2H3/b23-18+,24-19+. The molecular weight excluding hydrogens is 383 g/mol. The third kappa shape index (κ3) is 5.56. The molecule has 0 aromatic heterocycles. The SMILES string of the molecule is CN(/N=C/c1ccccc1)P(=O)(Oc1ccccc1)N(C)/N=C/c1ccccc1. The van der Waals surface area contributed by atoms with E-state index in [0.29, 0.717) is 5.75 Å². The number of para-hydroxylation sites is 1. The van der Waals surface area contributed by atoms with Gasteiger partial charge in [0.25, 0.3) is 0 Å². The highest BCUT2D eigenvalue weighted by Gasteiger charge is 2.36. The zero-order chi connectivity index (χ0) is 20.5. The predicted molar refractivity (Wildman–Crippen MR) is 118 cm³/mol. The van der Waals surface area contributed by atoms with Crippen LogP contribution < -0.4 is 4.52 Å². The van der Waals surface area contributed by atoms with Gasteiger partial charge in [-0.15, -0.1) is 0 Å². The molecule has 0 bridgehead atoms. The first-order valence-electron chi connectivity index (χ1n) is 9.09. The van der Waals surface area contributed by atoms with Crippen molar-refractivity contribution in [2.75, 3.05) is 14.1 Å². The fourth-order valence-corrected chi connectivity index (χ4v) is 3.80. The molecule has 0 atom stereocenters. The second kappa shape index (κ2) is 9.71. The summed E-state index contributed by atoms with van der Waals surface area (Å²) in [6, 6.07) is 28.2. The van der Waals surface area contributed by atoms with E-state index in [1.54, 1.807) is 38.7 Å². The minimum atomic E-state index is -3.63. The van der Waals surface area contributed by atoms with Crippen LogP contribution >= 0.6 is 7.67 Å². The van der Waals surface area contributed by atoms with Crippen LogP contribution in [0.1, 0.15) is 11.1 Å². The number of hydrazone groups is 2. The summed E-state index contributed by atoms with van der Waals surface area (Å²) in [6.45, 7) is 0. The quantitative estimate of drug-likeness (QED) is 0.297. The van der Waals surface area contributed by atoms with Gasteiger partial charge in [-0.05, 0) is 23.3 Å².